The number of amides is 2. The molecule has 0 bridgehead atoms. The number of carbonyl (C=O) groups is 1. The van der Waals surface area contributed by atoms with Crippen molar-refractivity contribution < 1.29 is 4.79 Å². The number of rotatable bonds is 1. The van der Waals surface area contributed by atoms with Gasteiger partial charge in [0.1, 0.15) is 0 Å². The van der Waals surface area contributed by atoms with Crippen LogP contribution in [0, 0.1) is 0 Å². The van der Waals surface area contributed by atoms with Gasteiger partial charge in [0.05, 0.1) is 16.6 Å². The van der Waals surface area contributed by atoms with E-state index in [1.54, 1.807) is 29.3 Å². The predicted octanol–water partition coefficient (Wildman–Crippen LogP) is 5.01. The van der Waals surface area contributed by atoms with Crippen LogP contribution in [0.2, 0.25) is 10.0 Å². The zero-order valence-electron chi connectivity index (χ0n) is 11.0. The molecule has 3 rings (SSSR count). The quantitative estimate of drug-likeness (QED) is 0.787. The largest absolute Gasteiger partial charge is 0.326 e. The predicted molar refractivity (Wildman–Crippen MR) is 86.5 cm³/mol. The van der Waals surface area contributed by atoms with Crippen molar-refractivity contribution in [2.45, 2.75) is 6.54 Å². The third-order valence-electron chi connectivity index (χ3n) is 3.26. The maximum atomic E-state index is 12.3. The fraction of sp³-hybridized carbons (Fsp3) is 0.0625. The van der Waals surface area contributed by atoms with Gasteiger partial charge in [-0.15, -0.1) is 0 Å². The van der Waals surface area contributed by atoms with Crippen LogP contribution < -0.4 is 5.32 Å². The summed E-state index contributed by atoms with van der Waals surface area (Å²) in [5, 5.41) is 3.67. The van der Waals surface area contributed by atoms with E-state index in [2.05, 4.69) is 5.32 Å². The summed E-state index contributed by atoms with van der Waals surface area (Å²) in [5.41, 5.74) is 2.86. The van der Waals surface area contributed by atoms with Crippen LogP contribution >= 0.6 is 23.2 Å². The van der Waals surface area contributed by atoms with E-state index < -0.39 is 0 Å². The van der Waals surface area contributed by atoms with Crippen molar-refractivity contribution in [1.82, 2.24) is 4.90 Å². The molecule has 0 spiro atoms. The average Bonchev–Trinajstić information content (AvgIpc) is 2.50. The highest BCUT2D eigenvalue weighted by Crippen LogP contribution is 2.26. The first kappa shape index (κ1) is 14.0. The van der Waals surface area contributed by atoms with Gasteiger partial charge in [-0.05, 0) is 35.4 Å². The lowest BCUT2D eigenvalue weighted by atomic mass is 10.0. The molecule has 21 heavy (non-hydrogen) atoms. The molecule has 2 aromatic carbocycles. The fourth-order valence-electron chi connectivity index (χ4n) is 2.16. The SMILES string of the molecule is O=C(Nc1ccc(Cl)c(Cl)c1)N1C=Cc2ccccc2C1. The number of nitrogens with one attached hydrogen (secondary N) is 1. The molecule has 106 valence electrons. The van der Waals surface area contributed by atoms with Crippen LogP contribution in [0.1, 0.15) is 11.1 Å². The number of benzene rings is 2. The van der Waals surface area contributed by atoms with E-state index in [1.807, 2.05) is 30.3 Å². The average molecular weight is 319 g/mol. The zero-order valence-corrected chi connectivity index (χ0v) is 12.5. The molecular formula is C16H12Cl2N2O. The van der Waals surface area contributed by atoms with Crippen molar-refractivity contribution in [3.8, 4) is 0 Å². The number of urea groups is 1. The number of anilines is 1. The Morgan fingerprint density at radius 2 is 1.90 bits per heavy atom. The molecule has 0 radical (unpaired) electrons. The maximum absolute atomic E-state index is 12.3. The summed E-state index contributed by atoms with van der Waals surface area (Å²) in [6, 6.07) is 12.8. The first-order valence-corrected chi connectivity index (χ1v) is 7.18. The first-order chi connectivity index (χ1) is 10.1. The van der Waals surface area contributed by atoms with Crippen molar-refractivity contribution in [2.75, 3.05) is 5.32 Å². The molecule has 0 fully saturated rings. The highest BCUT2D eigenvalue weighted by Gasteiger charge is 2.16. The van der Waals surface area contributed by atoms with E-state index in [0.717, 1.165) is 11.1 Å². The van der Waals surface area contributed by atoms with Gasteiger partial charge in [-0.3, -0.25) is 4.90 Å². The Balaban J connectivity index is 1.74. The highest BCUT2D eigenvalue weighted by atomic mass is 35.5. The van der Waals surface area contributed by atoms with E-state index in [0.29, 0.717) is 22.3 Å². The van der Waals surface area contributed by atoms with E-state index in [9.17, 15) is 4.79 Å². The van der Waals surface area contributed by atoms with E-state index in [4.69, 9.17) is 23.2 Å². The number of halogens is 2. The van der Waals surface area contributed by atoms with Crippen molar-refractivity contribution in [3.63, 3.8) is 0 Å². The van der Waals surface area contributed by atoms with Gasteiger partial charge in [-0.1, -0.05) is 47.5 Å². The van der Waals surface area contributed by atoms with Gasteiger partial charge in [0, 0.05) is 11.9 Å². The second-order valence-electron chi connectivity index (χ2n) is 4.70. The van der Waals surface area contributed by atoms with Crippen LogP contribution in [0.25, 0.3) is 6.08 Å². The summed E-state index contributed by atoms with van der Waals surface area (Å²) in [4.78, 5) is 13.9. The van der Waals surface area contributed by atoms with Gasteiger partial charge >= 0.3 is 6.03 Å². The monoisotopic (exact) mass is 318 g/mol. The maximum Gasteiger partial charge on any atom is 0.326 e. The van der Waals surface area contributed by atoms with Gasteiger partial charge in [0.15, 0.2) is 0 Å². The third kappa shape index (κ3) is 3.04. The summed E-state index contributed by atoms with van der Waals surface area (Å²) in [7, 11) is 0. The lowest BCUT2D eigenvalue weighted by molar-refractivity contribution is 0.227. The fourth-order valence-corrected chi connectivity index (χ4v) is 2.45. The van der Waals surface area contributed by atoms with Crippen molar-refractivity contribution in [3.05, 3.63) is 69.8 Å². The van der Waals surface area contributed by atoms with Crippen molar-refractivity contribution in [2.24, 2.45) is 0 Å². The molecule has 0 saturated carbocycles. The minimum Gasteiger partial charge on any atom is -0.307 e. The standard InChI is InChI=1S/C16H12Cl2N2O/c17-14-6-5-13(9-15(14)18)19-16(21)20-8-7-11-3-1-2-4-12(11)10-20/h1-9H,10H2,(H,19,21). The van der Waals surface area contributed by atoms with E-state index in [1.165, 1.54) is 0 Å². The molecule has 2 aromatic rings. The number of nitrogens with zero attached hydrogens (tertiary/aromatic N) is 1. The molecule has 1 aliphatic heterocycles. The van der Waals surface area contributed by atoms with Gasteiger partial charge in [0.25, 0.3) is 0 Å². The number of fused-ring (bicyclic) bond motifs is 1. The third-order valence-corrected chi connectivity index (χ3v) is 4.00. The molecule has 0 atom stereocenters. The van der Waals surface area contributed by atoms with Gasteiger partial charge in [0.2, 0.25) is 0 Å². The summed E-state index contributed by atoms with van der Waals surface area (Å²) >= 11 is 11.8. The summed E-state index contributed by atoms with van der Waals surface area (Å²) < 4.78 is 0. The summed E-state index contributed by atoms with van der Waals surface area (Å²) in [5.74, 6) is 0. The van der Waals surface area contributed by atoms with E-state index >= 15 is 0 Å². The Bertz CT molecular complexity index is 728. The molecule has 0 aromatic heterocycles. The molecule has 5 heteroatoms. The minimum atomic E-state index is -0.209. The topological polar surface area (TPSA) is 32.3 Å². The zero-order chi connectivity index (χ0) is 14.8. The molecule has 1 aliphatic rings. The van der Waals surface area contributed by atoms with Crippen LogP contribution in [0.15, 0.2) is 48.7 Å². The van der Waals surface area contributed by atoms with Crippen LogP contribution in [0.5, 0.6) is 0 Å². The minimum absolute atomic E-state index is 0.209. The summed E-state index contributed by atoms with van der Waals surface area (Å²) in [6.07, 6.45) is 3.70. The number of hydrogen-bond acceptors (Lipinski definition) is 1. The van der Waals surface area contributed by atoms with Gasteiger partial charge in [-0.25, -0.2) is 4.79 Å². The molecule has 0 unspecified atom stereocenters. The lowest BCUT2D eigenvalue weighted by Gasteiger charge is -2.23. The number of hydrogen-bond donors (Lipinski definition) is 1. The van der Waals surface area contributed by atoms with Gasteiger partial charge < -0.3 is 5.32 Å². The molecule has 1 heterocycles. The molecule has 0 aliphatic carbocycles. The molecule has 0 saturated heterocycles. The van der Waals surface area contributed by atoms with Crippen LogP contribution in [0.4, 0.5) is 10.5 Å². The van der Waals surface area contributed by atoms with Crippen LogP contribution in [0.3, 0.4) is 0 Å². The van der Waals surface area contributed by atoms with Crippen molar-refractivity contribution in [1.29, 1.82) is 0 Å². The Kier molecular flexibility index (Phi) is 3.86. The summed E-state index contributed by atoms with van der Waals surface area (Å²) in [6.45, 7) is 0.541. The molecular weight excluding hydrogens is 307 g/mol. The molecule has 3 nitrogen and oxygen atoms in total. The Morgan fingerprint density at radius 1 is 1.10 bits per heavy atom. The van der Waals surface area contributed by atoms with Crippen LogP contribution in [-0.2, 0) is 6.54 Å². The van der Waals surface area contributed by atoms with Crippen molar-refractivity contribution >= 4 is 41.0 Å². The lowest BCUT2D eigenvalue weighted by Crippen LogP contribution is -2.31. The smallest absolute Gasteiger partial charge is 0.307 e. The van der Waals surface area contributed by atoms with Gasteiger partial charge in [-0.2, -0.15) is 0 Å². The molecule has 1 N–H and O–H groups in total. The highest BCUT2D eigenvalue weighted by molar-refractivity contribution is 6.42. The Labute approximate surface area is 132 Å². The first-order valence-electron chi connectivity index (χ1n) is 6.42. The second kappa shape index (κ2) is 5.80. The van der Waals surface area contributed by atoms with Crippen LogP contribution in [-0.4, -0.2) is 10.9 Å². The molecule has 2 amide bonds. The Morgan fingerprint density at radius 3 is 2.71 bits per heavy atom. The normalized spacial score (nSPS) is 13.0. The van der Waals surface area contributed by atoms with E-state index in [-0.39, 0.29) is 6.03 Å². The Hall–Kier alpha value is -1.97. The second-order valence-corrected chi connectivity index (χ2v) is 5.52. The number of carbonyl (C=O) groups excluding carboxylic acids is 1.